The molecule has 7 nitrogen and oxygen atoms in total. The van der Waals surface area contributed by atoms with Gasteiger partial charge >= 0.3 is 0 Å². The molecule has 0 aliphatic carbocycles. The van der Waals surface area contributed by atoms with Crippen LogP contribution >= 0.6 is 23.2 Å². The summed E-state index contributed by atoms with van der Waals surface area (Å²) in [5.41, 5.74) is 5.69. The topological polar surface area (TPSA) is 141 Å². The number of hydrogen-bond acceptors (Lipinski definition) is 5. The second-order valence-electron chi connectivity index (χ2n) is 3.70. The SMILES string of the molecule is Nc1cc(Cl)c(CC(S(N)(=O)=O)S(=O)(=O)O)cc1Cl. The zero-order chi connectivity index (χ0) is 15.0. The van der Waals surface area contributed by atoms with Crippen molar-refractivity contribution in [3.05, 3.63) is 27.7 Å². The molecule has 19 heavy (non-hydrogen) atoms. The van der Waals surface area contributed by atoms with E-state index in [0.717, 1.165) is 0 Å². The van der Waals surface area contributed by atoms with Crippen molar-refractivity contribution in [3.8, 4) is 0 Å². The van der Waals surface area contributed by atoms with Crippen molar-refractivity contribution in [2.45, 2.75) is 11.0 Å². The molecule has 1 aromatic rings. The Balaban J connectivity index is 3.30. The minimum atomic E-state index is -4.91. The summed E-state index contributed by atoms with van der Waals surface area (Å²) in [6.45, 7) is 0. The van der Waals surface area contributed by atoms with Crippen LogP contribution in [-0.4, -0.2) is 26.0 Å². The second-order valence-corrected chi connectivity index (χ2v) is 8.16. The second kappa shape index (κ2) is 5.43. The van der Waals surface area contributed by atoms with Crippen LogP contribution in [0.1, 0.15) is 5.56 Å². The predicted octanol–water partition coefficient (Wildman–Crippen LogP) is 0.621. The highest BCUT2D eigenvalue weighted by Gasteiger charge is 2.34. The molecule has 11 heteroatoms. The van der Waals surface area contributed by atoms with Gasteiger partial charge in [0.1, 0.15) is 0 Å². The molecule has 1 atom stereocenters. The summed E-state index contributed by atoms with van der Waals surface area (Å²) in [5, 5.41) is 4.85. The molecule has 5 N–H and O–H groups in total. The molecule has 0 aliphatic rings. The molecule has 0 saturated carbocycles. The van der Waals surface area contributed by atoms with Gasteiger partial charge in [-0.3, -0.25) is 4.55 Å². The molecule has 0 heterocycles. The lowest BCUT2D eigenvalue weighted by atomic mass is 10.1. The number of rotatable bonds is 4. The normalized spacial score (nSPS) is 14.3. The first-order valence-electron chi connectivity index (χ1n) is 4.64. The van der Waals surface area contributed by atoms with Gasteiger partial charge in [0.05, 0.1) is 10.7 Å². The van der Waals surface area contributed by atoms with Crippen LogP contribution < -0.4 is 10.9 Å². The van der Waals surface area contributed by atoms with Gasteiger partial charge in [-0.15, -0.1) is 0 Å². The number of halogens is 2. The lowest BCUT2D eigenvalue weighted by molar-refractivity contribution is 0.475. The Morgan fingerprint density at radius 2 is 1.68 bits per heavy atom. The third-order valence-electron chi connectivity index (χ3n) is 2.25. The molecule has 0 aromatic heterocycles. The van der Waals surface area contributed by atoms with Gasteiger partial charge in [-0.1, -0.05) is 23.2 Å². The maximum Gasteiger partial charge on any atom is 0.284 e. The van der Waals surface area contributed by atoms with E-state index in [9.17, 15) is 16.8 Å². The molecule has 1 unspecified atom stereocenters. The first kappa shape index (κ1) is 16.5. The first-order valence-corrected chi connectivity index (χ1v) is 8.51. The highest BCUT2D eigenvalue weighted by molar-refractivity contribution is 8.05. The number of nitrogen functional groups attached to an aromatic ring is 1. The fourth-order valence-corrected chi connectivity index (χ4v) is 3.92. The Labute approximate surface area is 120 Å². The van der Waals surface area contributed by atoms with Crippen molar-refractivity contribution in [1.82, 2.24) is 0 Å². The number of benzene rings is 1. The Morgan fingerprint density at radius 1 is 1.16 bits per heavy atom. The van der Waals surface area contributed by atoms with Gasteiger partial charge in [0.25, 0.3) is 10.1 Å². The Hall–Kier alpha value is -0.580. The summed E-state index contributed by atoms with van der Waals surface area (Å²) in [7, 11) is -9.44. The number of hydrogen-bond donors (Lipinski definition) is 3. The van der Waals surface area contributed by atoms with Crippen LogP contribution in [0.25, 0.3) is 0 Å². The summed E-state index contributed by atoms with van der Waals surface area (Å²) in [6.07, 6.45) is -0.642. The maximum absolute atomic E-state index is 11.2. The number of primary sulfonamides is 1. The first-order chi connectivity index (χ1) is 8.43. The van der Waals surface area contributed by atoms with Crippen LogP contribution in [0.3, 0.4) is 0 Å². The Kier molecular flexibility index (Phi) is 4.71. The largest absolute Gasteiger partial charge is 0.397 e. The third kappa shape index (κ3) is 4.20. The molecule has 0 saturated heterocycles. The van der Waals surface area contributed by atoms with Crippen molar-refractivity contribution >= 4 is 49.0 Å². The zero-order valence-electron chi connectivity index (χ0n) is 9.25. The van der Waals surface area contributed by atoms with E-state index >= 15 is 0 Å². The van der Waals surface area contributed by atoms with Crippen LogP contribution in [0, 0.1) is 0 Å². The van der Waals surface area contributed by atoms with E-state index in [-0.39, 0.29) is 21.3 Å². The highest BCUT2D eigenvalue weighted by atomic mass is 35.5. The van der Waals surface area contributed by atoms with Crippen LogP contribution in [0.5, 0.6) is 0 Å². The summed E-state index contributed by atoms with van der Waals surface area (Å²) >= 11 is 11.5. The van der Waals surface area contributed by atoms with E-state index in [1.807, 2.05) is 0 Å². The van der Waals surface area contributed by atoms with Gasteiger partial charge in [0.15, 0.2) is 0 Å². The molecule has 108 valence electrons. The lowest BCUT2D eigenvalue weighted by Gasteiger charge is -2.13. The molecular weight excluding hydrogens is 339 g/mol. The molecule has 1 rings (SSSR count). The van der Waals surface area contributed by atoms with E-state index < -0.39 is 31.1 Å². The number of sulfonamides is 1. The molecule has 0 fully saturated rings. The van der Waals surface area contributed by atoms with Crippen LogP contribution in [0.4, 0.5) is 5.69 Å². The van der Waals surface area contributed by atoms with Gasteiger partial charge in [-0.2, -0.15) is 8.42 Å². The van der Waals surface area contributed by atoms with E-state index in [0.29, 0.717) is 0 Å². The van der Waals surface area contributed by atoms with Crippen molar-refractivity contribution in [1.29, 1.82) is 0 Å². The van der Waals surface area contributed by atoms with E-state index in [1.165, 1.54) is 12.1 Å². The fourth-order valence-electron chi connectivity index (χ4n) is 1.33. The Morgan fingerprint density at radius 3 is 2.11 bits per heavy atom. The van der Waals surface area contributed by atoms with Gasteiger partial charge in [-0.05, 0) is 17.7 Å². The van der Waals surface area contributed by atoms with Gasteiger partial charge in [0, 0.05) is 11.4 Å². The van der Waals surface area contributed by atoms with Crippen molar-refractivity contribution in [2.75, 3.05) is 5.73 Å². The van der Waals surface area contributed by atoms with Crippen molar-refractivity contribution in [2.24, 2.45) is 5.14 Å². The summed E-state index contributed by atoms with van der Waals surface area (Å²) in [6, 6.07) is 2.45. The smallest absolute Gasteiger partial charge is 0.284 e. The molecule has 0 radical (unpaired) electrons. The molecule has 0 aliphatic heterocycles. The third-order valence-corrected chi connectivity index (χ3v) is 6.20. The number of nitrogens with two attached hydrogens (primary N) is 2. The maximum atomic E-state index is 11.2. The highest BCUT2D eigenvalue weighted by Crippen LogP contribution is 2.29. The monoisotopic (exact) mass is 348 g/mol. The van der Waals surface area contributed by atoms with Crippen molar-refractivity contribution < 1.29 is 21.4 Å². The Bertz CT molecular complexity index is 670. The minimum absolute atomic E-state index is 0.0131. The molecular formula is C8H10Cl2N2O5S2. The lowest BCUT2D eigenvalue weighted by Crippen LogP contribution is -2.37. The van der Waals surface area contributed by atoms with E-state index in [4.69, 9.17) is 38.6 Å². The van der Waals surface area contributed by atoms with Crippen LogP contribution in [0.15, 0.2) is 12.1 Å². The summed E-state index contributed by atoms with van der Waals surface area (Å²) < 4.78 is 51.1. The molecule has 0 spiro atoms. The van der Waals surface area contributed by atoms with Gasteiger partial charge < -0.3 is 5.73 Å². The van der Waals surface area contributed by atoms with Gasteiger partial charge in [-0.25, -0.2) is 13.6 Å². The predicted molar refractivity (Wildman–Crippen MR) is 73.0 cm³/mol. The molecule has 1 aromatic carbocycles. The van der Waals surface area contributed by atoms with E-state index in [2.05, 4.69) is 0 Å². The average molecular weight is 349 g/mol. The summed E-state index contributed by atoms with van der Waals surface area (Å²) in [4.78, 5) is 0. The fraction of sp³-hybridized carbons (Fsp3) is 0.250. The van der Waals surface area contributed by atoms with Crippen LogP contribution in [0.2, 0.25) is 10.0 Å². The molecule has 0 bridgehead atoms. The zero-order valence-corrected chi connectivity index (χ0v) is 12.4. The van der Waals surface area contributed by atoms with Crippen molar-refractivity contribution in [3.63, 3.8) is 0 Å². The summed E-state index contributed by atoms with van der Waals surface area (Å²) in [5.74, 6) is 0. The average Bonchev–Trinajstić information content (AvgIpc) is 2.17. The van der Waals surface area contributed by atoms with Gasteiger partial charge in [0.2, 0.25) is 14.6 Å². The van der Waals surface area contributed by atoms with Crippen LogP contribution in [-0.2, 0) is 26.6 Å². The quantitative estimate of drug-likeness (QED) is 0.538. The van der Waals surface area contributed by atoms with E-state index in [1.54, 1.807) is 0 Å². The minimum Gasteiger partial charge on any atom is -0.397 e. The molecule has 0 amide bonds. The number of anilines is 1. The standard InChI is InChI=1S/C8H10Cl2N2O5S2/c9-5-3-7(11)6(10)1-4(5)2-8(18(12,13)14)19(15,16)17/h1,3,8H,2,11H2,(H2,12,13,14)(H,15,16,17).